The molecule has 1 amide bonds. The zero-order valence-electron chi connectivity index (χ0n) is 27.3. The zero-order valence-corrected chi connectivity index (χ0v) is 31.2. The van der Waals surface area contributed by atoms with Gasteiger partial charge in [0.1, 0.15) is 11.4 Å². The molecular formula is C34H40Cl4N4O4S. The number of nitrogens with one attached hydrogen (secondary N) is 1. The van der Waals surface area contributed by atoms with Crippen LogP contribution in [0.4, 0.5) is 11.4 Å². The average Bonchev–Trinajstić information content (AvgIpc) is 3.37. The Morgan fingerprint density at radius 3 is 2.17 bits per heavy atom. The van der Waals surface area contributed by atoms with E-state index in [9.17, 15) is 13.2 Å². The van der Waals surface area contributed by atoms with Gasteiger partial charge >= 0.3 is 10.2 Å². The summed E-state index contributed by atoms with van der Waals surface area (Å²) in [4.78, 5) is 13.1. The molecule has 1 N–H and O–H groups in total. The molecular weight excluding hydrogens is 702 g/mol. The summed E-state index contributed by atoms with van der Waals surface area (Å²) in [6.45, 7) is 13.5. The monoisotopic (exact) mass is 740 g/mol. The van der Waals surface area contributed by atoms with Crippen molar-refractivity contribution in [3.05, 3.63) is 85.8 Å². The predicted octanol–water partition coefficient (Wildman–Crippen LogP) is 9.54. The molecule has 1 heterocycles. The summed E-state index contributed by atoms with van der Waals surface area (Å²) >= 11 is 25.2. The van der Waals surface area contributed by atoms with Crippen molar-refractivity contribution in [1.82, 2.24) is 4.72 Å². The van der Waals surface area contributed by atoms with Crippen molar-refractivity contribution in [2.45, 2.75) is 78.1 Å². The first-order chi connectivity index (χ1) is 22.0. The fourth-order valence-electron chi connectivity index (χ4n) is 4.98. The summed E-state index contributed by atoms with van der Waals surface area (Å²) in [5, 5.41) is 5.91. The van der Waals surface area contributed by atoms with Crippen LogP contribution in [0.2, 0.25) is 20.1 Å². The van der Waals surface area contributed by atoms with Crippen LogP contribution in [0, 0.1) is 0 Å². The maximum Gasteiger partial charge on any atom is 0.307 e. The molecule has 47 heavy (non-hydrogen) atoms. The molecule has 0 aromatic heterocycles. The van der Waals surface area contributed by atoms with Crippen molar-refractivity contribution in [2.24, 2.45) is 5.10 Å². The van der Waals surface area contributed by atoms with E-state index in [4.69, 9.17) is 51.1 Å². The molecule has 4 rings (SSSR count). The molecule has 0 saturated heterocycles. The van der Waals surface area contributed by atoms with Gasteiger partial charge in [-0.1, -0.05) is 112 Å². The number of nitrogens with zero attached hydrogens (tertiary/aromatic N) is 3. The minimum Gasteiger partial charge on any atom is -0.493 e. The Hall–Kier alpha value is -2.53. The third-order valence-electron chi connectivity index (χ3n) is 8.62. The first-order valence-corrected chi connectivity index (χ1v) is 18.3. The topological polar surface area (TPSA) is 91.3 Å². The molecule has 0 bridgehead atoms. The van der Waals surface area contributed by atoms with E-state index in [0.717, 1.165) is 33.5 Å². The number of hydrogen-bond donors (Lipinski definition) is 1. The molecule has 0 radical (unpaired) electrons. The number of rotatable bonds is 13. The number of para-hydroxylation sites is 1. The Balaban J connectivity index is 1.54. The first kappa shape index (κ1) is 37.3. The third kappa shape index (κ3) is 8.38. The Kier molecular flexibility index (Phi) is 11.8. The highest BCUT2D eigenvalue weighted by atomic mass is 35.5. The lowest BCUT2D eigenvalue weighted by Crippen LogP contribution is -2.45. The molecule has 13 heteroatoms. The number of anilines is 2. The van der Waals surface area contributed by atoms with Gasteiger partial charge < -0.3 is 4.74 Å². The van der Waals surface area contributed by atoms with Crippen molar-refractivity contribution in [2.75, 3.05) is 22.5 Å². The van der Waals surface area contributed by atoms with Crippen molar-refractivity contribution < 1.29 is 17.9 Å². The summed E-state index contributed by atoms with van der Waals surface area (Å²) in [7, 11) is -4.30. The SMILES string of the molecule is CCC(C)(C)c1ccc(OCCCNS(=O)(=O)N(C2=NN(c3c(Cl)cc(Cl)cc3Cl)C(=O)C2)c2ccccc2Cl)c(C(C)(C)CC)c1. The maximum absolute atomic E-state index is 13.9. The molecule has 3 aromatic rings. The number of benzene rings is 3. The van der Waals surface area contributed by atoms with Crippen LogP contribution in [-0.4, -0.2) is 33.3 Å². The van der Waals surface area contributed by atoms with Gasteiger partial charge in [0.15, 0.2) is 5.84 Å². The summed E-state index contributed by atoms with van der Waals surface area (Å²) < 4.78 is 37.5. The van der Waals surface area contributed by atoms with Gasteiger partial charge in [0.05, 0.1) is 33.8 Å². The predicted molar refractivity (Wildman–Crippen MR) is 195 cm³/mol. The average molecular weight is 743 g/mol. The lowest BCUT2D eigenvalue weighted by molar-refractivity contribution is -0.116. The molecule has 0 unspecified atom stereocenters. The lowest BCUT2D eigenvalue weighted by atomic mass is 9.76. The highest BCUT2D eigenvalue weighted by Crippen LogP contribution is 2.40. The summed E-state index contributed by atoms with van der Waals surface area (Å²) in [5.74, 6) is 0.160. The van der Waals surface area contributed by atoms with E-state index in [1.807, 2.05) is 6.07 Å². The van der Waals surface area contributed by atoms with E-state index in [2.05, 4.69) is 63.5 Å². The van der Waals surface area contributed by atoms with E-state index in [1.54, 1.807) is 18.2 Å². The van der Waals surface area contributed by atoms with Gasteiger partial charge in [-0.25, -0.2) is 4.31 Å². The normalized spacial score (nSPS) is 14.0. The second kappa shape index (κ2) is 14.9. The quantitative estimate of drug-likeness (QED) is 0.177. The Morgan fingerprint density at radius 1 is 0.915 bits per heavy atom. The third-order valence-corrected chi connectivity index (χ3v) is 11.2. The standard InChI is InChI=1S/C34H40Cl4N4O4S/c1-7-33(3,4)22-14-15-29(24(18-22)34(5,6)8-2)46-17-11-16-39-47(44,45)42(28-13-10-9-12-25(28)36)30-21-31(43)41(40-30)32-26(37)19-23(35)20-27(32)38/h9-10,12-15,18-20,39H,7-8,11,16-17,21H2,1-6H3. The van der Waals surface area contributed by atoms with Crippen molar-refractivity contribution in [3.63, 3.8) is 0 Å². The summed E-state index contributed by atoms with van der Waals surface area (Å²) in [5.41, 5.74) is 2.52. The minimum absolute atomic E-state index is 0.0293. The fraction of sp³-hybridized carbons (Fsp3) is 0.412. The van der Waals surface area contributed by atoms with Gasteiger partial charge in [-0.3, -0.25) is 4.79 Å². The number of carbonyl (C=O) groups excluding carboxylic acids is 1. The highest BCUT2D eigenvalue weighted by molar-refractivity contribution is 7.91. The van der Waals surface area contributed by atoms with Crippen LogP contribution in [0.3, 0.4) is 0 Å². The molecule has 1 aliphatic rings. The summed E-state index contributed by atoms with van der Waals surface area (Å²) in [6, 6.07) is 15.6. The first-order valence-electron chi connectivity index (χ1n) is 15.4. The van der Waals surface area contributed by atoms with E-state index >= 15 is 0 Å². The van der Waals surface area contributed by atoms with Crippen LogP contribution in [-0.2, 0) is 25.8 Å². The van der Waals surface area contributed by atoms with Gasteiger partial charge in [-0.05, 0) is 66.0 Å². The smallest absolute Gasteiger partial charge is 0.307 e. The van der Waals surface area contributed by atoms with Crippen LogP contribution < -0.4 is 18.8 Å². The van der Waals surface area contributed by atoms with Gasteiger partial charge in [-0.15, -0.1) is 5.10 Å². The number of hydrogen-bond acceptors (Lipinski definition) is 5. The molecule has 0 aliphatic carbocycles. The second-order valence-corrected chi connectivity index (χ2v) is 15.9. The Bertz CT molecular complexity index is 1760. The summed E-state index contributed by atoms with van der Waals surface area (Å²) in [6.07, 6.45) is 1.95. The minimum atomic E-state index is -4.30. The number of amidine groups is 1. The van der Waals surface area contributed by atoms with E-state index < -0.39 is 16.1 Å². The van der Waals surface area contributed by atoms with Gasteiger partial charge in [-0.2, -0.15) is 18.1 Å². The Labute approximate surface area is 298 Å². The largest absolute Gasteiger partial charge is 0.493 e. The van der Waals surface area contributed by atoms with Crippen LogP contribution in [0.15, 0.2) is 59.7 Å². The highest BCUT2D eigenvalue weighted by Gasteiger charge is 2.37. The molecule has 0 fully saturated rings. The van der Waals surface area contributed by atoms with Crippen molar-refractivity contribution in [1.29, 1.82) is 0 Å². The molecule has 0 saturated carbocycles. The molecule has 8 nitrogen and oxygen atoms in total. The maximum atomic E-state index is 13.9. The van der Waals surface area contributed by atoms with E-state index in [1.165, 1.54) is 23.8 Å². The van der Waals surface area contributed by atoms with Gasteiger partial charge in [0.2, 0.25) is 0 Å². The molecule has 3 aromatic carbocycles. The van der Waals surface area contributed by atoms with Crippen molar-refractivity contribution in [3.8, 4) is 5.75 Å². The molecule has 254 valence electrons. The molecule has 0 spiro atoms. The molecule has 1 aliphatic heterocycles. The number of carbonyl (C=O) groups is 1. The van der Waals surface area contributed by atoms with E-state index in [-0.39, 0.29) is 67.7 Å². The fourth-order valence-corrected chi connectivity index (χ4v) is 7.56. The molecule has 0 atom stereocenters. The number of ether oxygens (including phenoxy) is 1. The number of halogens is 4. The van der Waals surface area contributed by atoms with Crippen LogP contribution >= 0.6 is 46.4 Å². The van der Waals surface area contributed by atoms with Crippen LogP contribution in [0.1, 0.15) is 78.4 Å². The van der Waals surface area contributed by atoms with E-state index in [0.29, 0.717) is 6.42 Å². The van der Waals surface area contributed by atoms with Crippen LogP contribution in [0.5, 0.6) is 5.75 Å². The zero-order chi connectivity index (χ0) is 34.7. The van der Waals surface area contributed by atoms with Crippen molar-refractivity contribution >= 4 is 79.7 Å². The number of amides is 1. The lowest BCUT2D eigenvalue weighted by Gasteiger charge is -2.30. The number of hydrazone groups is 1. The van der Waals surface area contributed by atoms with Crippen LogP contribution in [0.25, 0.3) is 0 Å². The second-order valence-electron chi connectivity index (χ2n) is 12.6. The van der Waals surface area contributed by atoms with Gasteiger partial charge in [0, 0.05) is 17.1 Å². The Morgan fingerprint density at radius 2 is 1.55 bits per heavy atom. The van der Waals surface area contributed by atoms with Gasteiger partial charge in [0.25, 0.3) is 5.91 Å².